The number of aromatic nitrogens is 2. The first-order valence-electron chi connectivity index (χ1n) is 29.8. The van der Waals surface area contributed by atoms with Crippen molar-refractivity contribution in [3.05, 3.63) is 176 Å². The molecule has 0 saturated carbocycles. The summed E-state index contributed by atoms with van der Waals surface area (Å²) in [5.74, 6) is -2.36. The van der Waals surface area contributed by atoms with Gasteiger partial charge in [0, 0.05) is 64.8 Å². The lowest BCUT2D eigenvalue weighted by Gasteiger charge is -2.41. The molecule has 23 heteroatoms. The number of hydrogen-bond donors (Lipinski definition) is 0. The zero-order valence-electron chi connectivity index (χ0n) is 53.2. The second-order valence-corrected chi connectivity index (χ2v) is 25.8. The van der Waals surface area contributed by atoms with Crippen molar-refractivity contribution in [3.63, 3.8) is 0 Å². The highest BCUT2D eigenvalue weighted by Crippen LogP contribution is 2.50. The van der Waals surface area contributed by atoms with Crippen LogP contribution in [0.15, 0.2) is 144 Å². The third kappa shape index (κ3) is 15.8. The van der Waals surface area contributed by atoms with Gasteiger partial charge in [0.15, 0.2) is 0 Å². The summed E-state index contributed by atoms with van der Waals surface area (Å²) in [6.07, 6.45) is 10.2. The van der Waals surface area contributed by atoms with E-state index in [9.17, 15) is 49.0 Å². The monoisotopic (exact) mass is 1260 g/mol. The van der Waals surface area contributed by atoms with Crippen molar-refractivity contribution in [1.82, 2.24) is 29.6 Å². The Hall–Kier alpha value is -9.77. The van der Waals surface area contributed by atoms with Crippen LogP contribution in [0.3, 0.4) is 0 Å². The van der Waals surface area contributed by atoms with E-state index in [1.807, 2.05) is 52.0 Å². The van der Waals surface area contributed by atoms with Crippen molar-refractivity contribution in [2.45, 2.75) is 114 Å². The van der Waals surface area contributed by atoms with Crippen molar-refractivity contribution in [1.29, 1.82) is 0 Å². The van der Waals surface area contributed by atoms with Crippen LogP contribution in [0.5, 0.6) is 0 Å². The van der Waals surface area contributed by atoms with Crippen LogP contribution in [0.4, 0.5) is 32.3 Å². The molecule has 91 heavy (non-hydrogen) atoms. The number of pyridine rings is 2. The van der Waals surface area contributed by atoms with Crippen molar-refractivity contribution in [3.8, 4) is 22.3 Å². The molecule has 22 nitrogen and oxygen atoms in total. The number of rotatable bonds is 16. The Balaban J connectivity index is 1.18. The molecule has 2 atom stereocenters. The predicted molar refractivity (Wildman–Crippen MR) is 349 cm³/mol. The zero-order valence-corrected chi connectivity index (χ0v) is 54.0. The summed E-state index contributed by atoms with van der Waals surface area (Å²) < 4.78 is 11.4. The molecule has 6 amide bonds. The quantitative estimate of drug-likeness (QED) is 0.0496. The van der Waals surface area contributed by atoms with Crippen molar-refractivity contribution in [2.75, 3.05) is 63.2 Å². The van der Waals surface area contributed by atoms with Crippen LogP contribution in [0, 0.1) is 20.2 Å². The highest BCUT2D eigenvalue weighted by atomic mass is 32.2. The number of nitro groups is 2. The van der Waals surface area contributed by atoms with Gasteiger partial charge in [-0.2, -0.15) is 0 Å². The van der Waals surface area contributed by atoms with Gasteiger partial charge in [0.1, 0.15) is 23.3 Å². The van der Waals surface area contributed by atoms with Crippen LogP contribution < -0.4 is 9.80 Å². The lowest BCUT2D eigenvalue weighted by molar-refractivity contribution is -0.387. The van der Waals surface area contributed by atoms with E-state index in [1.54, 1.807) is 129 Å². The maximum atomic E-state index is 14.4. The molecular weight excluding hydrogens is 1180 g/mol. The van der Waals surface area contributed by atoms with E-state index in [1.165, 1.54) is 78.2 Å². The minimum absolute atomic E-state index is 0.0259. The summed E-state index contributed by atoms with van der Waals surface area (Å²) in [4.78, 5) is 128. The van der Waals surface area contributed by atoms with Gasteiger partial charge in [-0.15, -0.1) is 0 Å². The molecule has 6 aromatic rings. The van der Waals surface area contributed by atoms with Crippen LogP contribution in [-0.4, -0.2) is 152 Å². The Morgan fingerprint density at radius 1 is 0.560 bits per heavy atom. The number of likely N-dealkylation sites (N-methyl/N-ethyl adjacent to an activating group) is 2. The Morgan fingerprint density at radius 2 is 0.934 bits per heavy atom. The maximum absolute atomic E-state index is 14.4. The van der Waals surface area contributed by atoms with Gasteiger partial charge >= 0.3 is 12.2 Å². The molecule has 4 aromatic carbocycles. The average molecular weight is 1260 g/mol. The van der Waals surface area contributed by atoms with Gasteiger partial charge in [-0.25, -0.2) is 9.59 Å². The predicted octanol–water partition coefficient (Wildman–Crippen LogP) is 12.3. The van der Waals surface area contributed by atoms with Crippen molar-refractivity contribution >= 4 is 82.5 Å². The minimum atomic E-state index is -1.16. The van der Waals surface area contributed by atoms with E-state index >= 15 is 0 Å². The van der Waals surface area contributed by atoms with Crippen LogP contribution in [0.2, 0.25) is 0 Å². The Kier molecular flexibility index (Phi) is 20.9. The van der Waals surface area contributed by atoms with Gasteiger partial charge in [-0.05, 0) is 135 Å². The first-order valence-corrected chi connectivity index (χ1v) is 30.6. The van der Waals surface area contributed by atoms with E-state index in [0.717, 1.165) is 22.9 Å². The molecule has 0 N–H and O–H groups in total. The van der Waals surface area contributed by atoms with Gasteiger partial charge in [0.05, 0.1) is 67.6 Å². The summed E-state index contributed by atoms with van der Waals surface area (Å²) in [5, 5.41) is 27.7. The zero-order chi connectivity index (χ0) is 66.2. The largest absolute Gasteiger partial charge is 0.444 e. The van der Waals surface area contributed by atoms with Crippen LogP contribution >= 0.6 is 11.8 Å². The molecule has 2 aliphatic rings. The molecule has 0 aliphatic carbocycles. The summed E-state index contributed by atoms with van der Waals surface area (Å²) in [7, 11) is 3.10. The molecule has 8 rings (SSSR count). The van der Waals surface area contributed by atoms with Crippen LogP contribution in [-0.2, 0) is 28.7 Å². The second kappa shape index (κ2) is 28.4. The van der Waals surface area contributed by atoms with E-state index in [-0.39, 0.29) is 94.5 Å². The molecule has 2 saturated heterocycles. The first kappa shape index (κ1) is 67.2. The topological polar surface area (TPSA) is 252 Å². The molecule has 2 unspecified atom stereocenters. The van der Waals surface area contributed by atoms with Crippen LogP contribution in [0.25, 0.3) is 34.4 Å². The second-order valence-electron chi connectivity index (χ2n) is 24.7. The number of piperazine rings is 2. The normalized spacial score (nSPS) is 15.5. The maximum Gasteiger partial charge on any atom is 0.411 e. The number of anilines is 2. The highest BCUT2D eigenvalue weighted by molar-refractivity contribution is 7.99. The number of carbonyl (C=O) groups is 6. The van der Waals surface area contributed by atoms with E-state index in [2.05, 4.69) is 9.97 Å². The third-order valence-corrected chi connectivity index (χ3v) is 16.5. The Morgan fingerprint density at radius 3 is 1.26 bits per heavy atom. The number of nitro benzene ring substituents is 2. The number of carbonyl (C=O) groups excluding carboxylic acids is 6. The fourth-order valence-electron chi connectivity index (χ4n) is 10.9. The molecule has 476 valence electrons. The Labute approximate surface area is 533 Å². The SMILES string of the molecule is CC(C)c1ccccc1-c1c(/C=C/C(=O)N2CCN(C(=O)OC(C)(C)C)C(C(=O)N(C)c3cccnc3)C2)ccc(Sc2ccc(/C=C/C(=O)N3CCN(C(=O)OC(C)(C)C)C(C(=O)N(C)c4cccnc4)C3)c(-c3ccccc3C(C)C)c2[N+](=O)[O-])c1[N+](=O)[O-]. The molecule has 4 heterocycles. The van der Waals surface area contributed by atoms with Gasteiger partial charge < -0.3 is 29.1 Å². The van der Waals surface area contributed by atoms with Gasteiger partial charge in [0.25, 0.3) is 23.2 Å². The highest BCUT2D eigenvalue weighted by Gasteiger charge is 2.42. The fourth-order valence-corrected chi connectivity index (χ4v) is 12.0. The van der Waals surface area contributed by atoms with Gasteiger partial charge in [-0.3, -0.25) is 59.2 Å². The molecule has 0 spiro atoms. The smallest absolute Gasteiger partial charge is 0.411 e. The number of benzene rings is 4. The summed E-state index contributed by atoms with van der Waals surface area (Å²) in [6, 6.07) is 25.0. The third-order valence-electron chi connectivity index (χ3n) is 15.4. The lowest BCUT2D eigenvalue weighted by atomic mass is 9.89. The summed E-state index contributed by atoms with van der Waals surface area (Å²) in [5.41, 5.74) is 1.72. The van der Waals surface area contributed by atoms with Gasteiger partial charge in [0.2, 0.25) is 11.8 Å². The standard InChI is InChI=1S/C68H76N10O12S/c1-43(2)49-21-13-15-23-51(49)59-45(27-31-57(79)73-35-37-75(65(83)89-67(5,6)7)53(41-73)63(81)71(11)47-19-17-33-69-39-47)25-29-55(61(59)77(85)86)91-56-30-26-46(60(62(56)78(87)88)52-24-16-14-22-50(52)44(3)4)28-32-58(80)74-36-38-76(66(84)90-68(8,9)10)54(42-74)64(82)72(12)48-20-18-34-70-40-48/h13-34,39-40,43-44,53-54H,35-38,41-42H2,1-12H3/b31-27+,32-28+. The van der Waals surface area contributed by atoms with Crippen molar-refractivity contribution < 1.29 is 48.1 Å². The summed E-state index contributed by atoms with van der Waals surface area (Å²) >= 11 is 0.827. The number of nitrogens with zero attached hydrogens (tertiary/aromatic N) is 10. The minimum Gasteiger partial charge on any atom is -0.444 e. The molecule has 0 radical (unpaired) electrons. The fraction of sp³-hybridized carbons (Fsp3) is 0.353. The molecule has 0 bridgehead atoms. The number of ether oxygens (including phenoxy) is 2. The van der Waals surface area contributed by atoms with E-state index in [0.29, 0.717) is 22.5 Å². The molecule has 2 fully saturated rings. The number of amides is 6. The van der Waals surface area contributed by atoms with Gasteiger partial charge in [-0.1, -0.05) is 100 Å². The molecule has 2 aromatic heterocycles. The lowest BCUT2D eigenvalue weighted by Crippen LogP contribution is -2.62. The number of hydrogen-bond acceptors (Lipinski definition) is 15. The van der Waals surface area contributed by atoms with Crippen LogP contribution in [0.1, 0.15) is 103 Å². The van der Waals surface area contributed by atoms with Crippen molar-refractivity contribution in [2.24, 2.45) is 0 Å². The molecule has 2 aliphatic heterocycles. The van der Waals surface area contributed by atoms with E-state index in [4.69, 9.17) is 9.47 Å². The first-order chi connectivity index (χ1) is 43.0. The van der Waals surface area contributed by atoms with E-state index < -0.39 is 68.9 Å². The summed E-state index contributed by atoms with van der Waals surface area (Å²) in [6.45, 7) is 17.6. The average Bonchev–Trinajstić information content (AvgIpc) is 1.16. The Bertz CT molecular complexity index is 3560. The molecular formula is C68H76N10O12S.